The van der Waals surface area contributed by atoms with E-state index in [0.717, 1.165) is 22.3 Å². The lowest BCUT2D eigenvalue weighted by atomic mass is 9.92. The van der Waals surface area contributed by atoms with Crippen molar-refractivity contribution in [2.24, 2.45) is 0 Å². The van der Waals surface area contributed by atoms with Crippen LogP contribution in [0.4, 0.5) is 0 Å². The van der Waals surface area contributed by atoms with E-state index in [-0.39, 0.29) is 5.78 Å². The molecule has 0 unspecified atom stereocenters. The molecule has 0 aliphatic carbocycles. The number of ketones is 1. The molecular weight excluding hydrogens is 330 g/mol. The summed E-state index contributed by atoms with van der Waals surface area (Å²) >= 11 is 1.36. The van der Waals surface area contributed by atoms with Crippen molar-refractivity contribution in [1.29, 1.82) is 0 Å². The molecule has 0 spiro atoms. The van der Waals surface area contributed by atoms with Gasteiger partial charge in [-0.2, -0.15) is 0 Å². The zero-order valence-corrected chi connectivity index (χ0v) is 15.7. The number of nitrogens with one attached hydrogen (secondary N) is 1. The van der Waals surface area contributed by atoms with Gasteiger partial charge in [0.15, 0.2) is 11.6 Å². The molecule has 0 aliphatic rings. The van der Waals surface area contributed by atoms with E-state index < -0.39 is 0 Å². The van der Waals surface area contributed by atoms with Gasteiger partial charge in [0.1, 0.15) is 0 Å². The van der Waals surface area contributed by atoms with Crippen molar-refractivity contribution in [2.45, 2.75) is 32.9 Å². The topological polar surface area (TPSA) is 58.6 Å². The van der Waals surface area contributed by atoms with Crippen LogP contribution in [0.5, 0.6) is 0 Å². The first-order chi connectivity index (χ1) is 12.0. The molecule has 128 valence electrons. The van der Waals surface area contributed by atoms with Gasteiger partial charge in [-0.3, -0.25) is 9.89 Å². The lowest BCUT2D eigenvalue weighted by Crippen LogP contribution is -2.09. The zero-order chi connectivity index (χ0) is 18.0. The van der Waals surface area contributed by atoms with E-state index in [9.17, 15) is 4.79 Å². The number of H-pyrrole nitrogens is 1. The number of benzene rings is 2. The molecule has 0 radical (unpaired) electrons. The predicted octanol–water partition coefficient (Wildman–Crippen LogP) is 4.68. The van der Waals surface area contributed by atoms with Crippen LogP contribution in [0.1, 0.15) is 32.6 Å². The zero-order valence-electron chi connectivity index (χ0n) is 14.9. The van der Waals surface area contributed by atoms with Crippen molar-refractivity contribution in [3.05, 3.63) is 64.2 Å². The van der Waals surface area contributed by atoms with Crippen LogP contribution in [0.25, 0.3) is 11.4 Å². The minimum absolute atomic E-state index is 0.120. The van der Waals surface area contributed by atoms with Crippen LogP contribution in [0.3, 0.4) is 0 Å². The molecule has 2 aromatic carbocycles. The summed E-state index contributed by atoms with van der Waals surface area (Å²) in [4.78, 5) is 17.2. The average molecular weight is 351 g/mol. The Morgan fingerprint density at radius 3 is 2.48 bits per heavy atom. The average Bonchev–Trinajstić information content (AvgIpc) is 3.08. The summed E-state index contributed by atoms with van der Waals surface area (Å²) in [6.07, 6.45) is 0. The molecule has 0 saturated heterocycles. The van der Waals surface area contributed by atoms with Crippen molar-refractivity contribution in [3.63, 3.8) is 0 Å². The Kier molecular flexibility index (Phi) is 5.04. The highest BCUT2D eigenvalue weighted by Gasteiger charge is 2.16. The Morgan fingerprint density at radius 2 is 1.76 bits per heavy atom. The number of rotatable bonds is 5. The first-order valence-electron chi connectivity index (χ1n) is 8.18. The number of aryl methyl sites for hydroxylation is 2. The first kappa shape index (κ1) is 17.4. The summed E-state index contributed by atoms with van der Waals surface area (Å²) in [7, 11) is 0. The van der Waals surface area contributed by atoms with E-state index >= 15 is 0 Å². The number of aromatic nitrogens is 3. The highest BCUT2D eigenvalue weighted by Crippen LogP contribution is 2.25. The molecule has 25 heavy (non-hydrogen) atoms. The highest BCUT2D eigenvalue weighted by molar-refractivity contribution is 7.99. The largest absolute Gasteiger partial charge is 0.293 e. The van der Waals surface area contributed by atoms with E-state index in [1.54, 1.807) is 0 Å². The summed E-state index contributed by atoms with van der Waals surface area (Å²) in [5.41, 5.74) is 6.32. The van der Waals surface area contributed by atoms with E-state index in [1.807, 2.05) is 44.2 Å². The second kappa shape index (κ2) is 7.23. The maximum absolute atomic E-state index is 12.7. The molecule has 3 rings (SSSR count). The molecule has 0 amide bonds. The third-order valence-corrected chi connectivity index (χ3v) is 5.33. The van der Waals surface area contributed by atoms with Crippen molar-refractivity contribution in [3.8, 4) is 11.4 Å². The molecule has 1 N–H and O–H groups in total. The minimum atomic E-state index is 0.120. The SMILES string of the molecule is Cc1cc(C)c(C(=O)CSc2n[nH]c(-c3ccccc3)n2)c(C)c1C. The fourth-order valence-corrected chi connectivity index (χ4v) is 3.62. The van der Waals surface area contributed by atoms with Gasteiger partial charge >= 0.3 is 0 Å². The Morgan fingerprint density at radius 1 is 1.04 bits per heavy atom. The van der Waals surface area contributed by atoms with Crippen LogP contribution >= 0.6 is 11.8 Å². The molecule has 0 saturated carbocycles. The molecule has 0 aliphatic heterocycles. The van der Waals surface area contributed by atoms with Crippen molar-refractivity contribution in [2.75, 3.05) is 5.75 Å². The fraction of sp³-hybridized carbons (Fsp3) is 0.250. The van der Waals surface area contributed by atoms with E-state index in [4.69, 9.17) is 0 Å². The maximum Gasteiger partial charge on any atom is 0.209 e. The van der Waals surface area contributed by atoms with Crippen molar-refractivity contribution in [1.82, 2.24) is 15.2 Å². The van der Waals surface area contributed by atoms with Gasteiger partial charge in [-0.25, -0.2) is 4.98 Å². The molecule has 0 atom stereocenters. The quantitative estimate of drug-likeness (QED) is 0.535. The Hall–Kier alpha value is -2.40. The van der Waals surface area contributed by atoms with Gasteiger partial charge in [-0.15, -0.1) is 5.10 Å². The maximum atomic E-state index is 12.7. The monoisotopic (exact) mass is 351 g/mol. The van der Waals surface area contributed by atoms with Crippen molar-refractivity contribution >= 4 is 17.5 Å². The molecule has 0 fully saturated rings. The second-order valence-electron chi connectivity index (χ2n) is 6.18. The minimum Gasteiger partial charge on any atom is -0.293 e. The van der Waals surface area contributed by atoms with Crippen LogP contribution in [0, 0.1) is 27.7 Å². The van der Waals surface area contributed by atoms with Gasteiger partial charge in [-0.1, -0.05) is 48.2 Å². The number of Topliss-reactive ketones (excluding diaryl/α,β-unsaturated/α-hetero) is 1. The van der Waals surface area contributed by atoms with Gasteiger partial charge in [0.25, 0.3) is 0 Å². The summed E-state index contributed by atoms with van der Waals surface area (Å²) < 4.78 is 0. The smallest absolute Gasteiger partial charge is 0.209 e. The van der Waals surface area contributed by atoms with Gasteiger partial charge < -0.3 is 0 Å². The summed E-state index contributed by atoms with van der Waals surface area (Å²) in [6, 6.07) is 11.9. The number of hydrogen-bond acceptors (Lipinski definition) is 4. The molecule has 1 heterocycles. The van der Waals surface area contributed by atoms with Crippen LogP contribution in [0.2, 0.25) is 0 Å². The number of carbonyl (C=O) groups is 1. The molecule has 4 nitrogen and oxygen atoms in total. The Balaban J connectivity index is 1.74. The highest BCUT2D eigenvalue weighted by atomic mass is 32.2. The van der Waals surface area contributed by atoms with E-state index in [1.165, 1.54) is 22.9 Å². The number of carbonyl (C=O) groups excluding carboxylic acids is 1. The fourth-order valence-electron chi connectivity index (χ4n) is 2.95. The molecular formula is C20H21N3OS. The van der Waals surface area contributed by atoms with Crippen LogP contribution in [0.15, 0.2) is 41.6 Å². The summed E-state index contributed by atoms with van der Waals surface area (Å²) in [5.74, 6) is 1.17. The summed E-state index contributed by atoms with van der Waals surface area (Å²) in [6.45, 7) is 8.16. The Bertz CT molecular complexity index is 916. The van der Waals surface area contributed by atoms with Gasteiger partial charge in [-0.05, 0) is 49.9 Å². The van der Waals surface area contributed by atoms with Crippen LogP contribution in [-0.2, 0) is 0 Å². The lowest BCUT2D eigenvalue weighted by Gasteiger charge is -2.13. The normalized spacial score (nSPS) is 10.9. The number of aromatic amines is 1. The number of hydrogen-bond donors (Lipinski definition) is 1. The van der Waals surface area contributed by atoms with Crippen LogP contribution in [-0.4, -0.2) is 26.7 Å². The predicted molar refractivity (Wildman–Crippen MR) is 102 cm³/mol. The first-order valence-corrected chi connectivity index (χ1v) is 9.17. The Labute approximate surface area is 152 Å². The third-order valence-electron chi connectivity index (χ3n) is 4.48. The third kappa shape index (κ3) is 3.66. The van der Waals surface area contributed by atoms with Gasteiger partial charge in [0, 0.05) is 11.1 Å². The standard InChI is InChI=1S/C20H21N3OS/c1-12-10-13(2)18(15(4)14(12)3)17(24)11-25-20-21-19(22-23-20)16-8-6-5-7-9-16/h5-10H,11H2,1-4H3,(H,21,22,23). The molecule has 1 aromatic heterocycles. The van der Waals surface area contributed by atoms with Gasteiger partial charge in [0.2, 0.25) is 5.16 Å². The molecule has 0 bridgehead atoms. The molecule has 3 aromatic rings. The number of thioether (sulfide) groups is 1. The van der Waals surface area contributed by atoms with Gasteiger partial charge in [0.05, 0.1) is 5.75 Å². The van der Waals surface area contributed by atoms with E-state index in [0.29, 0.717) is 16.7 Å². The second-order valence-corrected chi connectivity index (χ2v) is 7.12. The van der Waals surface area contributed by atoms with Crippen molar-refractivity contribution < 1.29 is 4.79 Å². The van der Waals surface area contributed by atoms with E-state index in [2.05, 4.69) is 35.1 Å². The van der Waals surface area contributed by atoms with Crippen LogP contribution < -0.4 is 0 Å². The summed E-state index contributed by atoms with van der Waals surface area (Å²) in [5, 5.41) is 7.73. The number of nitrogens with zero attached hydrogens (tertiary/aromatic N) is 2. The molecule has 5 heteroatoms. The lowest BCUT2D eigenvalue weighted by molar-refractivity contribution is 0.102.